The Morgan fingerprint density at radius 1 is 1.36 bits per heavy atom. The zero-order valence-corrected chi connectivity index (χ0v) is 15.1. The van der Waals surface area contributed by atoms with Crippen molar-refractivity contribution in [2.45, 2.75) is 19.0 Å². The Kier molecular flexibility index (Phi) is 5.40. The van der Waals surface area contributed by atoms with Crippen LogP contribution in [0.5, 0.6) is 11.5 Å². The van der Waals surface area contributed by atoms with Gasteiger partial charge in [0.15, 0.2) is 0 Å². The molecule has 3 N–H and O–H groups in total. The number of carbonyl (C=O) groups is 1. The summed E-state index contributed by atoms with van der Waals surface area (Å²) in [5.41, 5.74) is 7.00. The Bertz CT molecular complexity index is 727. The molecule has 2 heterocycles. The third-order valence-electron chi connectivity index (χ3n) is 4.18. The van der Waals surface area contributed by atoms with Gasteiger partial charge in [-0.25, -0.2) is 4.98 Å². The number of nitrogens with zero attached hydrogens (tertiary/aromatic N) is 2. The van der Waals surface area contributed by atoms with Crippen LogP contribution in [0.15, 0.2) is 23.6 Å². The first-order valence-corrected chi connectivity index (χ1v) is 8.94. The maximum absolute atomic E-state index is 12.3. The van der Waals surface area contributed by atoms with Gasteiger partial charge in [0, 0.05) is 54.9 Å². The van der Waals surface area contributed by atoms with Gasteiger partial charge in [0.25, 0.3) is 5.91 Å². The Hall–Kier alpha value is -2.32. The highest BCUT2D eigenvalue weighted by atomic mass is 32.1. The van der Waals surface area contributed by atoms with Crippen LogP contribution >= 0.6 is 11.3 Å². The van der Waals surface area contributed by atoms with Gasteiger partial charge in [0.1, 0.15) is 22.2 Å². The first-order valence-electron chi connectivity index (χ1n) is 8.06. The summed E-state index contributed by atoms with van der Waals surface area (Å²) < 4.78 is 10.7. The molecule has 1 saturated heterocycles. The van der Waals surface area contributed by atoms with Crippen LogP contribution in [0.2, 0.25) is 0 Å². The minimum absolute atomic E-state index is 0.0766. The summed E-state index contributed by atoms with van der Waals surface area (Å²) in [4.78, 5) is 18.7. The van der Waals surface area contributed by atoms with Crippen LogP contribution in [0.25, 0.3) is 0 Å². The van der Waals surface area contributed by atoms with Crippen molar-refractivity contribution in [3.8, 4) is 11.5 Å². The number of ether oxygens (including phenoxy) is 2. The topological polar surface area (TPSA) is 89.7 Å². The van der Waals surface area contributed by atoms with Gasteiger partial charge in [0.2, 0.25) is 0 Å². The predicted octanol–water partition coefficient (Wildman–Crippen LogP) is 1.63. The summed E-state index contributed by atoms with van der Waals surface area (Å²) in [5, 5.41) is 5.56. The Morgan fingerprint density at radius 3 is 2.68 bits per heavy atom. The minimum Gasteiger partial charge on any atom is -0.497 e. The largest absolute Gasteiger partial charge is 0.497 e. The molecule has 3 rings (SSSR count). The van der Waals surface area contributed by atoms with Gasteiger partial charge in [-0.05, 0) is 6.42 Å². The highest BCUT2D eigenvalue weighted by Crippen LogP contribution is 2.30. The van der Waals surface area contributed by atoms with E-state index in [9.17, 15) is 4.79 Å². The molecule has 2 aromatic rings. The number of nitrogens with two attached hydrogens (primary N) is 1. The van der Waals surface area contributed by atoms with E-state index in [1.165, 1.54) is 11.3 Å². The summed E-state index contributed by atoms with van der Waals surface area (Å²) in [6, 6.07) is 5.87. The normalized spacial score (nSPS) is 16.8. The van der Waals surface area contributed by atoms with Crippen LogP contribution in [0.3, 0.4) is 0 Å². The van der Waals surface area contributed by atoms with Crippen molar-refractivity contribution in [1.29, 1.82) is 0 Å². The first-order chi connectivity index (χ1) is 12.1. The van der Waals surface area contributed by atoms with Crippen molar-refractivity contribution in [3.63, 3.8) is 0 Å². The molecule has 1 aromatic heterocycles. The molecular weight excluding hydrogens is 340 g/mol. The van der Waals surface area contributed by atoms with E-state index in [-0.39, 0.29) is 11.9 Å². The quantitative estimate of drug-likeness (QED) is 0.812. The highest BCUT2D eigenvalue weighted by molar-refractivity contribution is 7.09. The van der Waals surface area contributed by atoms with Crippen LogP contribution in [-0.4, -0.2) is 44.2 Å². The number of hydrogen-bond donors (Lipinski definition) is 2. The van der Waals surface area contributed by atoms with Gasteiger partial charge < -0.3 is 25.4 Å². The number of anilines is 1. The molecule has 8 heteroatoms. The molecule has 0 radical (unpaired) electrons. The lowest BCUT2D eigenvalue weighted by Crippen LogP contribution is -2.37. The molecule has 1 aliphatic rings. The van der Waals surface area contributed by atoms with Crippen LogP contribution in [-0.2, 0) is 6.54 Å². The van der Waals surface area contributed by atoms with E-state index in [1.54, 1.807) is 19.6 Å². The number of benzene rings is 1. The van der Waals surface area contributed by atoms with E-state index >= 15 is 0 Å². The van der Waals surface area contributed by atoms with Gasteiger partial charge in [-0.1, -0.05) is 0 Å². The van der Waals surface area contributed by atoms with Crippen molar-refractivity contribution >= 4 is 22.9 Å². The molecular formula is C17H22N4O3S. The number of aromatic nitrogens is 1. The van der Waals surface area contributed by atoms with E-state index in [0.29, 0.717) is 12.2 Å². The molecule has 1 amide bonds. The molecule has 1 unspecified atom stereocenters. The lowest BCUT2D eigenvalue weighted by Gasteiger charge is -2.20. The zero-order valence-electron chi connectivity index (χ0n) is 14.3. The summed E-state index contributed by atoms with van der Waals surface area (Å²) in [6.45, 7) is 1.94. The number of methoxy groups -OCH3 is 2. The number of hydrogen-bond acceptors (Lipinski definition) is 7. The van der Waals surface area contributed by atoms with Crippen molar-refractivity contribution in [1.82, 2.24) is 10.3 Å². The number of amides is 1. The fourth-order valence-electron chi connectivity index (χ4n) is 2.86. The van der Waals surface area contributed by atoms with Crippen LogP contribution in [0.1, 0.15) is 21.9 Å². The van der Waals surface area contributed by atoms with Crippen molar-refractivity contribution in [3.05, 3.63) is 34.3 Å². The van der Waals surface area contributed by atoms with Gasteiger partial charge in [-0.15, -0.1) is 11.3 Å². The van der Waals surface area contributed by atoms with Gasteiger partial charge in [-0.2, -0.15) is 0 Å². The second-order valence-corrected chi connectivity index (χ2v) is 6.75. The average molecular weight is 362 g/mol. The van der Waals surface area contributed by atoms with Crippen LogP contribution in [0, 0.1) is 0 Å². The van der Waals surface area contributed by atoms with Crippen molar-refractivity contribution in [2.24, 2.45) is 5.73 Å². The third-order valence-corrected chi connectivity index (χ3v) is 5.05. The number of thiazole rings is 1. The minimum atomic E-state index is -0.147. The molecule has 7 nitrogen and oxygen atoms in total. The van der Waals surface area contributed by atoms with Crippen molar-refractivity contribution in [2.75, 3.05) is 32.2 Å². The lowest BCUT2D eigenvalue weighted by molar-refractivity contribution is 0.0936. The molecule has 0 aliphatic carbocycles. The third kappa shape index (κ3) is 4.02. The Morgan fingerprint density at radius 2 is 2.08 bits per heavy atom. The van der Waals surface area contributed by atoms with Crippen LogP contribution in [0.4, 0.5) is 5.69 Å². The SMILES string of the molecule is COc1cc(OC)cc(N2CCC(NC(=O)c3csc(CN)n3)C2)c1. The molecule has 25 heavy (non-hydrogen) atoms. The number of carbonyl (C=O) groups excluding carboxylic acids is 1. The van der Waals surface area contributed by atoms with Gasteiger partial charge in [-0.3, -0.25) is 4.79 Å². The fourth-order valence-corrected chi connectivity index (χ4v) is 3.51. The molecule has 1 aromatic carbocycles. The lowest BCUT2D eigenvalue weighted by atomic mass is 10.2. The summed E-state index contributed by atoms with van der Waals surface area (Å²) >= 11 is 1.41. The van der Waals surface area contributed by atoms with E-state index in [4.69, 9.17) is 15.2 Å². The first kappa shape index (κ1) is 17.5. The highest BCUT2D eigenvalue weighted by Gasteiger charge is 2.25. The van der Waals surface area contributed by atoms with E-state index < -0.39 is 0 Å². The molecule has 0 bridgehead atoms. The predicted molar refractivity (Wildman–Crippen MR) is 97.6 cm³/mol. The maximum Gasteiger partial charge on any atom is 0.271 e. The smallest absolute Gasteiger partial charge is 0.271 e. The summed E-state index contributed by atoms with van der Waals surface area (Å²) in [7, 11) is 3.27. The molecule has 1 fully saturated rings. The standard InChI is InChI=1S/C17H22N4O3S/c1-23-13-5-12(6-14(7-13)24-2)21-4-3-11(9-21)19-17(22)15-10-25-16(8-18)20-15/h5-7,10-11H,3-4,8-9,18H2,1-2H3,(H,19,22). The van der Waals surface area contributed by atoms with E-state index in [0.717, 1.165) is 41.7 Å². The summed E-state index contributed by atoms with van der Waals surface area (Å²) in [6.07, 6.45) is 0.874. The van der Waals surface area contributed by atoms with E-state index in [1.807, 2.05) is 18.2 Å². The second-order valence-electron chi connectivity index (χ2n) is 5.81. The number of rotatable bonds is 6. The Labute approximate surface area is 150 Å². The molecule has 134 valence electrons. The maximum atomic E-state index is 12.3. The average Bonchev–Trinajstić information content (AvgIpc) is 3.30. The fraction of sp³-hybridized carbons (Fsp3) is 0.412. The molecule has 1 aliphatic heterocycles. The van der Waals surface area contributed by atoms with Crippen LogP contribution < -0.4 is 25.4 Å². The number of nitrogens with one attached hydrogen (secondary N) is 1. The molecule has 0 spiro atoms. The monoisotopic (exact) mass is 362 g/mol. The zero-order chi connectivity index (χ0) is 17.8. The Balaban J connectivity index is 1.64. The van der Waals surface area contributed by atoms with Gasteiger partial charge in [0.05, 0.1) is 14.2 Å². The second kappa shape index (κ2) is 7.71. The molecule has 0 saturated carbocycles. The van der Waals surface area contributed by atoms with Gasteiger partial charge >= 0.3 is 0 Å². The molecule has 1 atom stereocenters. The van der Waals surface area contributed by atoms with Crippen molar-refractivity contribution < 1.29 is 14.3 Å². The van der Waals surface area contributed by atoms with E-state index in [2.05, 4.69) is 15.2 Å². The summed E-state index contributed by atoms with van der Waals surface area (Å²) in [5.74, 6) is 1.35.